The van der Waals surface area contributed by atoms with Crippen LogP contribution in [0.2, 0.25) is 0 Å². The number of rotatable bonds is 4. The maximum Gasteiger partial charge on any atom is 0.325 e. The summed E-state index contributed by atoms with van der Waals surface area (Å²) in [5.41, 5.74) is 1.02. The molecule has 0 aromatic carbocycles. The average Bonchev–Trinajstić information content (AvgIpc) is 2.87. The van der Waals surface area contributed by atoms with Crippen LogP contribution in [0.1, 0.15) is 24.2 Å². The lowest BCUT2D eigenvalue weighted by Gasteiger charge is -2.25. The predicted molar refractivity (Wildman–Crippen MR) is 71.2 cm³/mol. The minimum atomic E-state index is -0.457. The molecule has 20 heavy (non-hydrogen) atoms. The third-order valence-corrected chi connectivity index (χ3v) is 2.97. The molecular formula is C13H16N4O3. The van der Waals surface area contributed by atoms with E-state index in [1.807, 2.05) is 13.8 Å². The third-order valence-electron chi connectivity index (χ3n) is 2.97. The Hall–Kier alpha value is -2.44. The Kier molecular flexibility index (Phi) is 3.97. The van der Waals surface area contributed by atoms with Gasteiger partial charge in [-0.1, -0.05) is 0 Å². The second-order valence-corrected chi connectivity index (χ2v) is 4.57. The number of amides is 1. The highest BCUT2D eigenvalue weighted by molar-refractivity contribution is 6.01. The van der Waals surface area contributed by atoms with Crippen LogP contribution in [-0.4, -0.2) is 51.1 Å². The summed E-state index contributed by atoms with van der Waals surface area (Å²) in [7, 11) is 1.30. The number of hydrogen-bond acceptors (Lipinski definition) is 5. The fourth-order valence-corrected chi connectivity index (χ4v) is 1.85. The lowest BCUT2D eigenvalue weighted by atomic mass is 10.2. The molecule has 106 valence electrons. The molecule has 0 radical (unpaired) electrons. The van der Waals surface area contributed by atoms with E-state index in [2.05, 4.69) is 14.8 Å². The lowest BCUT2D eigenvalue weighted by Crippen LogP contribution is -2.41. The number of hydrogen-bond donors (Lipinski definition) is 0. The van der Waals surface area contributed by atoms with Gasteiger partial charge >= 0.3 is 5.97 Å². The second kappa shape index (κ2) is 5.68. The van der Waals surface area contributed by atoms with Crippen molar-refractivity contribution in [3.05, 3.63) is 30.4 Å². The molecule has 0 fully saturated rings. The number of aromatic nitrogens is 3. The summed E-state index contributed by atoms with van der Waals surface area (Å²) >= 11 is 0. The first-order chi connectivity index (χ1) is 9.54. The van der Waals surface area contributed by atoms with Crippen molar-refractivity contribution < 1.29 is 14.3 Å². The molecule has 7 heteroatoms. The predicted octanol–water partition coefficient (Wildman–Crippen LogP) is 0.753. The van der Waals surface area contributed by atoms with Crippen LogP contribution in [0.3, 0.4) is 0 Å². The summed E-state index contributed by atoms with van der Waals surface area (Å²) < 4.78 is 6.19. The molecule has 0 N–H and O–H groups in total. The Morgan fingerprint density at radius 1 is 1.40 bits per heavy atom. The Morgan fingerprint density at radius 3 is 2.80 bits per heavy atom. The standard InChI is InChI=1S/C13H16N4O3/c1-9(2)16(8-12(18)20-3)13(19)10-6-15-17-5-4-14-7-11(10)17/h4-7,9H,8H2,1-3H3. The van der Waals surface area contributed by atoms with Gasteiger partial charge in [0.15, 0.2) is 0 Å². The Labute approximate surface area is 116 Å². The van der Waals surface area contributed by atoms with Crippen LogP contribution < -0.4 is 0 Å². The molecule has 2 rings (SSSR count). The fraction of sp³-hybridized carbons (Fsp3) is 0.385. The molecule has 0 saturated heterocycles. The first kappa shape index (κ1) is 14.0. The summed E-state index contributed by atoms with van der Waals surface area (Å²) in [6.07, 6.45) is 6.29. The molecule has 2 aromatic rings. The van der Waals surface area contributed by atoms with Crippen LogP contribution in [0, 0.1) is 0 Å². The van der Waals surface area contributed by atoms with Gasteiger partial charge in [-0.3, -0.25) is 14.6 Å². The normalized spacial score (nSPS) is 10.8. The molecule has 0 bridgehead atoms. The molecule has 0 atom stereocenters. The highest BCUT2D eigenvalue weighted by Gasteiger charge is 2.24. The summed E-state index contributed by atoms with van der Waals surface area (Å²) in [6, 6.07) is -0.131. The first-order valence-electron chi connectivity index (χ1n) is 6.19. The van der Waals surface area contributed by atoms with E-state index < -0.39 is 5.97 Å². The average molecular weight is 276 g/mol. The summed E-state index contributed by atoms with van der Waals surface area (Å²) in [5, 5.41) is 4.09. The maximum atomic E-state index is 12.5. The Balaban J connectivity index is 2.34. The highest BCUT2D eigenvalue weighted by atomic mass is 16.5. The summed E-state index contributed by atoms with van der Waals surface area (Å²) in [6.45, 7) is 3.58. The Morgan fingerprint density at radius 2 is 2.15 bits per heavy atom. The number of methoxy groups -OCH3 is 1. The molecular weight excluding hydrogens is 260 g/mol. The quantitative estimate of drug-likeness (QED) is 0.770. The van der Waals surface area contributed by atoms with Crippen LogP contribution in [0.25, 0.3) is 5.52 Å². The number of ether oxygens (including phenoxy) is 1. The zero-order valence-electron chi connectivity index (χ0n) is 11.6. The van der Waals surface area contributed by atoms with Gasteiger partial charge in [-0.25, -0.2) is 4.52 Å². The van der Waals surface area contributed by atoms with Crippen LogP contribution >= 0.6 is 0 Å². The SMILES string of the molecule is COC(=O)CN(C(=O)c1cnn2ccncc12)C(C)C. The van der Waals surface area contributed by atoms with E-state index >= 15 is 0 Å². The molecule has 0 aliphatic rings. The van der Waals surface area contributed by atoms with E-state index in [-0.39, 0.29) is 18.5 Å². The maximum absolute atomic E-state index is 12.5. The molecule has 2 aromatic heterocycles. The van der Waals surface area contributed by atoms with Gasteiger partial charge in [0.25, 0.3) is 5.91 Å². The zero-order valence-corrected chi connectivity index (χ0v) is 11.6. The van der Waals surface area contributed by atoms with Crippen LogP contribution in [-0.2, 0) is 9.53 Å². The van der Waals surface area contributed by atoms with Crippen molar-refractivity contribution in [3.63, 3.8) is 0 Å². The van der Waals surface area contributed by atoms with Crippen molar-refractivity contribution in [2.24, 2.45) is 0 Å². The van der Waals surface area contributed by atoms with Crippen LogP contribution in [0.5, 0.6) is 0 Å². The molecule has 0 spiro atoms. The second-order valence-electron chi connectivity index (χ2n) is 4.57. The molecule has 7 nitrogen and oxygen atoms in total. The number of nitrogens with zero attached hydrogens (tertiary/aromatic N) is 4. The molecule has 0 aliphatic carbocycles. The molecule has 1 amide bonds. The van der Waals surface area contributed by atoms with Gasteiger partial charge in [-0.2, -0.15) is 5.10 Å². The van der Waals surface area contributed by atoms with Crippen molar-refractivity contribution in [1.82, 2.24) is 19.5 Å². The molecule has 0 saturated carbocycles. The van der Waals surface area contributed by atoms with Crippen molar-refractivity contribution in [2.45, 2.75) is 19.9 Å². The van der Waals surface area contributed by atoms with Crippen molar-refractivity contribution >= 4 is 17.4 Å². The van der Waals surface area contributed by atoms with Crippen LogP contribution in [0.4, 0.5) is 0 Å². The molecule has 0 unspecified atom stereocenters. The van der Waals surface area contributed by atoms with Crippen molar-refractivity contribution in [1.29, 1.82) is 0 Å². The number of carbonyl (C=O) groups excluding carboxylic acids is 2. The highest BCUT2D eigenvalue weighted by Crippen LogP contribution is 2.14. The summed E-state index contributed by atoms with van der Waals surface area (Å²) in [4.78, 5) is 29.4. The van der Waals surface area contributed by atoms with Crippen molar-refractivity contribution in [2.75, 3.05) is 13.7 Å². The minimum Gasteiger partial charge on any atom is -0.468 e. The van der Waals surface area contributed by atoms with E-state index in [0.717, 1.165) is 0 Å². The number of esters is 1. The smallest absolute Gasteiger partial charge is 0.325 e. The number of fused-ring (bicyclic) bond motifs is 1. The van der Waals surface area contributed by atoms with E-state index in [1.165, 1.54) is 18.2 Å². The van der Waals surface area contributed by atoms with Gasteiger partial charge in [0, 0.05) is 18.4 Å². The topological polar surface area (TPSA) is 76.8 Å². The Bertz CT molecular complexity index is 635. The first-order valence-corrected chi connectivity index (χ1v) is 6.19. The largest absolute Gasteiger partial charge is 0.468 e. The minimum absolute atomic E-state index is 0.0927. The lowest BCUT2D eigenvalue weighted by molar-refractivity contribution is -0.141. The van der Waals surface area contributed by atoms with E-state index in [4.69, 9.17) is 0 Å². The van der Waals surface area contributed by atoms with E-state index in [1.54, 1.807) is 23.1 Å². The van der Waals surface area contributed by atoms with Gasteiger partial charge in [0.2, 0.25) is 0 Å². The van der Waals surface area contributed by atoms with E-state index in [0.29, 0.717) is 11.1 Å². The monoisotopic (exact) mass is 276 g/mol. The molecule has 0 aliphatic heterocycles. The van der Waals surface area contributed by atoms with Gasteiger partial charge in [-0.05, 0) is 13.8 Å². The van der Waals surface area contributed by atoms with Gasteiger partial charge in [0.1, 0.15) is 6.54 Å². The van der Waals surface area contributed by atoms with Gasteiger partial charge in [0.05, 0.1) is 30.6 Å². The molecule has 2 heterocycles. The van der Waals surface area contributed by atoms with Crippen LogP contribution in [0.15, 0.2) is 24.8 Å². The number of carbonyl (C=O) groups is 2. The third kappa shape index (κ3) is 2.61. The zero-order chi connectivity index (χ0) is 14.7. The van der Waals surface area contributed by atoms with Crippen molar-refractivity contribution in [3.8, 4) is 0 Å². The van der Waals surface area contributed by atoms with Gasteiger partial charge < -0.3 is 9.64 Å². The van der Waals surface area contributed by atoms with E-state index in [9.17, 15) is 9.59 Å². The summed E-state index contributed by atoms with van der Waals surface area (Å²) in [5.74, 6) is -0.727. The fourth-order valence-electron chi connectivity index (χ4n) is 1.85. The van der Waals surface area contributed by atoms with Gasteiger partial charge in [-0.15, -0.1) is 0 Å².